The lowest BCUT2D eigenvalue weighted by Crippen LogP contribution is -2.31. The first-order valence-corrected chi connectivity index (χ1v) is 6.50. The molecular formula is C15H18BNO3. The van der Waals surface area contributed by atoms with Gasteiger partial charge in [0.25, 0.3) is 0 Å². The molecule has 5 heteroatoms. The van der Waals surface area contributed by atoms with Crippen molar-refractivity contribution in [3.8, 4) is 0 Å². The molecule has 20 heavy (non-hydrogen) atoms. The summed E-state index contributed by atoms with van der Waals surface area (Å²) in [6.07, 6.45) is 0. The summed E-state index contributed by atoms with van der Waals surface area (Å²) in [5.74, 6) is -0.0834. The summed E-state index contributed by atoms with van der Waals surface area (Å²) in [4.78, 5) is 12.1. The van der Waals surface area contributed by atoms with Gasteiger partial charge in [0.2, 0.25) is 5.91 Å². The van der Waals surface area contributed by atoms with Crippen molar-refractivity contribution in [3.05, 3.63) is 36.4 Å². The van der Waals surface area contributed by atoms with Crippen LogP contribution < -0.4 is 10.8 Å². The smallest absolute Gasteiger partial charge is 0.423 e. The lowest BCUT2D eigenvalue weighted by Gasteiger charge is -2.19. The molecule has 0 aliphatic rings. The highest BCUT2D eigenvalue weighted by Gasteiger charge is 2.22. The van der Waals surface area contributed by atoms with Gasteiger partial charge in [-0.2, -0.15) is 0 Å². The largest absolute Gasteiger partial charge is 0.489 e. The van der Waals surface area contributed by atoms with Crippen LogP contribution in [0.15, 0.2) is 36.4 Å². The molecule has 2 aromatic rings. The Labute approximate surface area is 118 Å². The Bertz CT molecular complexity index is 647. The van der Waals surface area contributed by atoms with Crippen LogP contribution in [-0.4, -0.2) is 23.1 Å². The SMILES string of the molecule is CC(C)(C)C(=O)Nc1ccc(B(O)O)c2ccccc12. The predicted molar refractivity (Wildman–Crippen MR) is 81.9 cm³/mol. The summed E-state index contributed by atoms with van der Waals surface area (Å²) in [6.45, 7) is 5.53. The second-order valence-electron chi connectivity index (χ2n) is 5.83. The molecular weight excluding hydrogens is 253 g/mol. The van der Waals surface area contributed by atoms with Crippen LogP contribution in [-0.2, 0) is 4.79 Å². The van der Waals surface area contributed by atoms with E-state index < -0.39 is 12.5 Å². The van der Waals surface area contributed by atoms with Crippen molar-refractivity contribution in [1.29, 1.82) is 0 Å². The fraction of sp³-hybridized carbons (Fsp3) is 0.267. The van der Waals surface area contributed by atoms with Gasteiger partial charge in [0.1, 0.15) is 0 Å². The van der Waals surface area contributed by atoms with Crippen molar-refractivity contribution in [2.24, 2.45) is 5.41 Å². The van der Waals surface area contributed by atoms with Crippen LogP contribution in [0.1, 0.15) is 20.8 Å². The highest BCUT2D eigenvalue weighted by Crippen LogP contribution is 2.24. The van der Waals surface area contributed by atoms with Gasteiger partial charge in [-0.15, -0.1) is 0 Å². The Balaban J connectivity index is 2.51. The fourth-order valence-electron chi connectivity index (χ4n) is 1.97. The first-order chi connectivity index (χ1) is 9.30. The Morgan fingerprint density at radius 1 is 1.05 bits per heavy atom. The lowest BCUT2D eigenvalue weighted by molar-refractivity contribution is -0.123. The lowest BCUT2D eigenvalue weighted by atomic mass is 9.77. The molecule has 0 aliphatic heterocycles. The molecule has 0 saturated heterocycles. The van der Waals surface area contributed by atoms with E-state index in [1.165, 1.54) is 0 Å². The average molecular weight is 271 g/mol. The number of carbonyl (C=O) groups is 1. The van der Waals surface area contributed by atoms with Crippen molar-refractivity contribution in [1.82, 2.24) is 0 Å². The second kappa shape index (κ2) is 5.27. The van der Waals surface area contributed by atoms with E-state index in [-0.39, 0.29) is 5.91 Å². The molecule has 104 valence electrons. The maximum absolute atomic E-state index is 12.1. The highest BCUT2D eigenvalue weighted by molar-refractivity contribution is 6.62. The molecule has 1 amide bonds. The zero-order valence-electron chi connectivity index (χ0n) is 11.8. The molecule has 2 rings (SSSR count). The minimum Gasteiger partial charge on any atom is -0.423 e. The maximum atomic E-state index is 12.1. The third kappa shape index (κ3) is 2.84. The fourth-order valence-corrected chi connectivity index (χ4v) is 1.97. The molecule has 3 N–H and O–H groups in total. The van der Waals surface area contributed by atoms with Gasteiger partial charge in [-0.1, -0.05) is 51.1 Å². The van der Waals surface area contributed by atoms with Crippen LogP contribution in [0.5, 0.6) is 0 Å². The molecule has 0 atom stereocenters. The average Bonchev–Trinajstić information content (AvgIpc) is 2.37. The van der Waals surface area contributed by atoms with E-state index in [1.54, 1.807) is 18.2 Å². The second-order valence-corrected chi connectivity index (χ2v) is 5.83. The van der Waals surface area contributed by atoms with Crippen molar-refractivity contribution in [2.75, 3.05) is 5.32 Å². The summed E-state index contributed by atoms with van der Waals surface area (Å²) in [6, 6.07) is 10.6. The number of nitrogens with one attached hydrogen (secondary N) is 1. The Kier molecular flexibility index (Phi) is 3.83. The number of rotatable bonds is 2. The first kappa shape index (κ1) is 14.6. The van der Waals surface area contributed by atoms with E-state index >= 15 is 0 Å². The first-order valence-electron chi connectivity index (χ1n) is 6.50. The van der Waals surface area contributed by atoms with Gasteiger partial charge >= 0.3 is 7.12 Å². The molecule has 0 bridgehead atoms. The monoisotopic (exact) mass is 271 g/mol. The van der Waals surface area contributed by atoms with Gasteiger partial charge in [-0.25, -0.2) is 0 Å². The molecule has 0 aliphatic carbocycles. The topological polar surface area (TPSA) is 69.6 Å². The third-order valence-corrected chi connectivity index (χ3v) is 3.17. The summed E-state index contributed by atoms with van der Waals surface area (Å²) in [5.41, 5.74) is 0.607. The number of hydrogen-bond acceptors (Lipinski definition) is 3. The summed E-state index contributed by atoms with van der Waals surface area (Å²) < 4.78 is 0. The molecule has 2 aromatic carbocycles. The molecule has 0 heterocycles. The Morgan fingerprint density at radius 3 is 2.20 bits per heavy atom. The molecule has 0 fully saturated rings. The van der Waals surface area contributed by atoms with Crippen molar-refractivity contribution in [2.45, 2.75) is 20.8 Å². The number of benzene rings is 2. The molecule has 0 saturated carbocycles. The van der Waals surface area contributed by atoms with E-state index in [2.05, 4.69) is 5.32 Å². The van der Waals surface area contributed by atoms with Gasteiger partial charge in [0, 0.05) is 16.5 Å². The number of fused-ring (bicyclic) bond motifs is 1. The van der Waals surface area contributed by atoms with Gasteiger partial charge < -0.3 is 15.4 Å². The van der Waals surface area contributed by atoms with Gasteiger partial charge in [-0.3, -0.25) is 4.79 Å². The normalized spacial score (nSPS) is 11.4. The molecule has 0 radical (unpaired) electrons. The van der Waals surface area contributed by atoms with Crippen molar-refractivity contribution < 1.29 is 14.8 Å². The van der Waals surface area contributed by atoms with Crippen LogP contribution in [0, 0.1) is 5.41 Å². The van der Waals surface area contributed by atoms with Crippen LogP contribution >= 0.6 is 0 Å². The van der Waals surface area contributed by atoms with Crippen molar-refractivity contribution >= 4 is 34.9 Å². The summed E-state index contributed by atoms with van der Waals surface area (Å²) >= 11 is 0. The van der Waals surface area contributed by atoms with Gasteiger partial charge in [-0.05, 0) is 16.9 Å². The number of carbonyl (C=O) groups excluding carboxylic acids is 1. The van der Waals surface area contributed by atoms with Crippen LogP contribution in [0.4, 0.5) is 5.69 Å². The van der Waals surface area contributed by atoms with Crippen LogP contribution in [0.3, 0.4) is 0 Å². The molecule has 0 spiro atoms. The van der Waals surface area contributed by atoms with E-state index in [0.29, 0.717) is 16.5 Å². The molecule has 4 nitrogen and oxygen atoms in total. The van der Waals surface area contributed by atoms with E-state index in [9.17, 15) is 14.8 Å². The van der Waals surface area contributed by atoms with Crippen LogP contribution in [0.25, 0.3) is 10.8 Å². The molecule has 0 unspecified atom stereocenters. The van der Waals surface area contributed by atoms with Gasteiger partial charge in [0.15, 0.2) is 0 Å². The maximum Gasteiger partial charge on any atom is 0.489 e. The Hall–Kier alpha value is -1.85. The highest BCUT2D eigenvalue weighted by atomic mass is 16.4. The van der Waals surface area contributed by atoms with E-state index in [0.717, 1.165) is 5.39 Å². The zero-order valence-corrected chi connectivity index (χ0v) is 11.8. The summed E-state index contributed by atoms with van der Waals surface area (Å²) in [5, 5.41) is 23.2. The van der Waals surface area contributed by atoms with E-state index in [1.807, 2.05) is 39.0 Å². The minimum atomic E-state index is -1.53. The molecule has 0 aromatic heterocycles. The van der Waals surface area contributed by atoms with Gasteiger partial charge in [0.05, 0.1) is 0 Å². The summed E-state index contributed by atoms with van der Waals surface area (Å²) in [7, 11) is -1.53. The quantitative estimate of drug-likeness (QED) is 0.725. The number of anilines is 1. The van der Waals surface area contributed by atoms with E-state index in [4.69, 9.17) is 0 Å². The third-order valence-electron chi connectivity index (χ3n) is 3.17. The predicted octanol–water partition coefficient (Wildman–Crippen LogP) is 1.50. The Morgan fingerprint density at radius 2 is 1.65 bits per heavy atom. The zero-order chi connectivity index (χ0) is 14.9. The van der Waals surface area contributed by atoms with Crippen molar-refractivity contribution in [3.63, 3.8) is 0 Å². The van der Waals surface area contributed by atoms with Crippen LogP contribution in [0.2, 0.25) is 0 Å². The number of amides is 1. The number of hydrogen-bond donors (Lipinski definition) is 3. The minimum absolute atomic E-state index is 0.0834. The standard InChI is InChI=1S/C15H18BNO3/c1-15(2,3)14(18)17-13-9-8-12(16(19)20)10-6-4-5-7-11(10)13/h4-9,19-20H,1-3H3,(H,17,18).